The minimum Gasteiger partial charge on any atom is -0.469 e. The van der Waals surface area contributed by atoms with Crippen LogP contribution in [0.1, 0.15) is 85.0 Å². The van der Waals surface area contributed by atoms with Gasteiger partial charge in [-0.05, 0) is 92.3 Å². The third-order valence-electron chi connectivity index (χ3n) is 10.3. The van der Waals surface area contributed by atoms with Gasteiger partial charge in [-0.25, -0.2) is 0 Å². The minimum atomic E-state index is -0.214. The SMILES string of the molecule is COC(=O)CC[C@@H](C)[C@H]1CC[C@H]2[C@@H]3CCC4CC(O)CC[C@]4(C)[C@H]3CC(=O)[C@]12C. The molecule has 4 aliphatic carbocycles. The van der Waals surface area contributed by atoms with Crippen LogP contribution in [0.2, 0.25) is 0 Å². The van der Waals surface area contributed by atoms with Gasteiger partial charge in [0.25, 0.3) is 0 Å². The lowest BCUT2D eigenvalue weighted by Gasteiger charge is -2.60. The van der Waals surface area contributed by atoms with Crippen LogP contribution in [0.3, 0.4) is 0 Å². The average Bonchev–Trinajstić information content (AvgIpc) is 3.06. The van der Waals surface area contributed by atoms with Gasteiger partial charge in [-0.3, -0.25) is 9.59 Å². The molecule has 0 bridgehead atoms. The van der Waals surface area contributed by atoms with Crippen LogP contribution in [-0.2, 0) is 14.3 Å². The molecule has 29 heavy (non-hydrogen) atoms. The zero-order chi connectivity index (χ0) is 21.0. The van der Waals surface area contributed by atoms with E-state index in [2.05, 4.69) is 20.8 Å². The maximum Gasteiger partial charge on any atom is 0.305 e. The molecule has 164 valence electrons. The largest absolute Gasteiger partial charge is 0.469 e. The van der Waals surface area contributed by atoms with Gasteiger partial charge in [-0.1, -0.05) is 20.8 Å². The van der Waals surface area contributed by atoms with Crippen LogP contribution >= 0.6 is 0 Å². The zero-order valence-corrected chi connectivity index (χ0v) is 18.8. The molecule has 0 spiro atoms. The average molecular weight is 405 g/mol. The third kappa shape index (κ3) is 3.28. The summed E-state index contributed by atoms with van der Waals surface area (Å²) in [5, 5.41) is 10.2. The van der Waals surface area contributed by atoms with Crippen molar-refractivity contribution in [2.45, 2.75) is 91.1 Å². The van der Waals surface area contributed by atoms with Gasteiger partial charge in [0.2, 0.25) is 0 Å². The standard InChI is InChI=1S/C25H40O4/c1-15(5-10-23(28)29-4)19-8-9-20-18-7-6-16-13-17(26)11-12-24(16,2)21(18)14-22(27)25(19,20)3/h15-21,26H,5-14H2,1-4H3/t15-,16?,17?,18+,19-,20+,21+,24+,25-/m1/s1. The lowest BCUT2D eigenvalue weighted by Crippen LogP contribution is -2.57. The molecule has 9 atom stereocenters. The van der Waals surface area contributed by atoms with Gasteiger partial charge in [0.1, 0.15) is 5.78 Å². The van der Waals surface area contributed by atoms with Gasteiger partial charge in [0.05, 0.1) is 13.2 Å². The molecule has 0 aromatic heterocycles. The molecule has 2 unspecified atom stereocenters. The molecule has 0 radical (unpaired) electrons. The van der Waals surface area contributed by atoms with E-state index >= 15 is 0 Å². The quantitative estimate of drug-likeness (QED) is 0.685. The summed E-state index contributed by atoms with van der Waals surface area (Å²) in [6, 6.07) is 0. The maximum atomic E-state index is 13.7. The number of aliphatic hydroxyl groups excluding tert-OH is 1. The number of carbonyl (C=O) groups excluding carboxylic acids is 2. The van der Waals surface area contributed by atoms with E-state index in [1.807, 2.05) is 0 Å². The number of esters is 1. The van der Waals surface area contributed by atoms with Crippen LogP contribution in [0.25, 0.3) is 0 Å². The predicted molar refractivity (Wildman–Crippen MR) is 112 cm³/mol. The maximum absolute atomic E-state index is 13.7. The van der Waals surface area contributed by atoms with Crippen molar-refractivity contribution in [1.82, 2.24) is 0 Å². The third-order valence-corrected chi connectivity index (χ3v) is 10.3. The normalized spacial score (nSPS) is 47.7. The number of rotatable bonds is 4. The minimum absolute atomic E-state index is 0.138. The fraction of sp³-hybridized carbons (Fsp3) is 0.920. The fourth-order valence-electron chi connectivity index (χ4n) is 8.53. The van der Waals surface area contributed by atoms with Gasteiger partial charge < -0.3 is 9.84 Å². The summed E-state index contributed by atoms with van der Waals surface area (Å²) in [7, 11) is 1.45. The summed E-state index contributed by atoms with van der Waals surface area (Å²) < 4.78 is 4.83. The highest BCUT2D eigenvalue weighted by molar-refractivity contribution is 5.87. The van der Waals surface area contributed by atoms with E-state index < -0.39 is 0 Å². The van der Waals surface area contributed by atoms with E-state index in [0.717, 1.165) is 38.5 Å². The van der Waals surface area contributed by atoms with Crippen molar-refractivity contribution in [2.24, 2.45) is 46.3 Å². The molecule has 4 nitrogen and oxygen atoms in total. The van der Waals surface area contributed by atoms with Crippen molar-refractivity contribution in [3.8, 4) is 0 Å². The number of ether oxygens (including phenoxy) is 1. The number of ketones is 1. The highest BCUT2D eigenvalue weighted by atomic mass is 16.5. The van der Waals surface area contributed by atoms with Gasteiger partial charge in [-0.15, -0.1) is 0 Å². The Balaban J connectivity index is 1.54. The van der Waals surface area contributed by atoms with Crippen LogP contribution in [0.4, 0.5) is 0 Å². The molecule has 0 aromatic carbocycles. The van der Waals surface area contributed by atoms with Crippen molar-refractivity contribution in [3.63, 3.8) is 0 Å². The van der Waals surface area contributed by atoms with Crippen LogP contribution in [0.5, 0.6) is 0 Å². The first-order chi connectivity index (χ1) is 13.7. The molecule has 0 saturated heterocycles. The summed E-state index contributed by atoms with van der Waals surface area (Å²) in [5.41, 5.74) is 0.0157. The molecule has 4 aliphatic rings. The van der Waals surface area contributed by atoms with Gasteiger partial charge >= 0.3 is 5.97 Å². The summed E-state index contributed by atoms with van der Waals surface area (Å²) in [6.07, 6.45) is 9.53. The molecule has 0 heterocycles. The Morgan fingerprint density at radius 3 is 2.66 bits per heavy atom. The molecular weight excluding hydrogens is 364 g/mol. The monoisotopic (exact) mass is 404 g/mol. The Morgan fingerprint density at radius 2 is 1.93 bits per heavy atom. The first-order valence-corrected chi connectivity index (χ1v) is 12.0. The number of hydrogen-bond acceptors (Lipinski definition) is 4. The summed E-state index contributed by atoms with van der Waals surface area (Å²) in [6.45, 7) is 6.94. The lowest BCUT2D eigenvalue weighted by molar-refractivity contribution is -0.160. The van der Waals surface area contributed by atoms with E-state index in [1.165, 1.54) is 26.4 Å². The summed E-state index contributed by atoms with van der Waals surface area (Å²) in [4.78, 5) is 25.3. The molecule has 4 saturated carbocycles. The Kier molecular flexibility index (Phi) is 5.63. The van der Waals surface area contributed by atoms with Gasteiger partial charge in [0.15, 0.2) is 0 Å². The second kappa shape index (κ2) is 7.66. The Bertz CT molecular complexity index is 659. The fourth-order valence-corrected chi connectivity index (χ4v) is 8.53. The zero-order valence-electron chi connectivity index (χ0n) is 18.8. The van der Waals surface area contributed by atoms with Crippen molar-refractivity contribution in [2.75, 3.05) is 7.11 Å². The number of fused-ring (bicyclic) bond motifs is 5. The number of carbonyl (C=O) groups is 2. The van der Waals surface area contributed by atoms with Crippen LogP contribution < -0.4 is 0 Å². The molecule has 0 aliphatic heterocycles. The highest BCUT2D eigenvalue weighted by Crippen LogP contribution is 2.67. The van der Waals surface area contributed by atoms with E-state index in [1.54, 1.807) is 0 Å². The van der Waals surface area contributed by atoms with E-state index in [-0.39, 0.29) is 22.9 Å². The Morgan fingerprint density at radius 1 is 1.17 bits per heavy atom. The highest BCUT2D eigenvalue weighted by Gasteiger charge is 2.63. The van der Waals surface area contributed by atoms with Gasteiger partial charge in [-0.2, -0.15) is 0 Å². The summed E-state index contributed by atoms with van der Waals surface area (Å²) >= 11 is 0. The first-order valence-electron chi connectivity index (χ1n) is 12.0. The second-order valence-electron chi connectivity index (χ2n) is 11.3. The van der Waals surface area contributed by atoms with Crippen LogP contribution in [-0.4, -0.2) is 30.1 Å². The van der Waals surface area contributed by atoms with Gasteiger partial charge in [0, 0.05) is 18.3 Å². The van der Waals surface area contributed by atoms with Crippen LogP contribution in [0, 0.1) is 46.3 Å². The molecule has 0 aromatic rings. The van der Waals surface area contributed by atoms with Crippen molar-refractivity contribution in [3.05, 3.63) is 0 Å². The Hall–Kier alpha value is -0.900. The van der Waals surface area contributed by atoms with Crippen molar-refractivity contribution < 1.29 is 19.4 Å². The van der Waals surface area contributed by atoms with Crippen molar-refractivity contribution in [1.29, 1.82) is 0 Å². The number of Topliss-reactive ketones (excluding diaryl/α,β-unsaturated/α-hetero) is 1. The molecule has 0 amide bonds. The predicted octanol–water partition coefficient (Wildman–Crippen LogP) is 4.77. The lowest BCUT2D eigenvalue weighted by atomic mass is 9.44. The number of aliphatic hydroxyl groups is 1. The number of methoxy groups -OCH3 is 1. The topological polar surface area (TPSA) is 63.6 Å². The van der Waals surface area contributed by atoms with E-state index in [9.17, 15) is 14.7 Å². The molecule has 4 fully saturated rings. The molecule has 4 heteroatoms. The smallest absolute Gasteiger partial charge is 0.305 e. The van der Waals surface area contributed by atoms with E-state index in [4.69, 9.17) is 4.74 Å². The summed E-state index contributed by atoms with van der Waals surface area (Å²) in [5.74, 6) is 3.37. The second-order valence-corrected chi connectivity index (χ2v) is 11.3. The molecule has 1 N–H and O–H groups in total. The van der Waals surface area contributed by atoms with Crippen LogP contribution in [0.15, 0.2) is 0 Å². The van der Waals surface area contributed by atoms with E-state index in [0.29, 0.717) is 47.7 Å². The Labute approximate surface area is 176 Å². The molecule has 4 rings (SSSR count). The number of hydrogen-bond donors (Lipinski definition) is 1. The molecular formula is C25H40O4. The first kappa shape index (κ1) is 21.3. The van der Waals surface area contributed by atoms with Crippen molar-refractivity contribution >= 4 is 11.8 Å².